The summed E-state index contributed by atoms with van der Waals surface area (Å²) >= 11 is 6.38. The van der Waals surface area contributed by atoms with Gasteiger partial charge in [0.1, 0.15) is 0 Å². The second-order valence-corrected chi connectivity index (χ2v) is 8.41. The Hall–Kier alpha value is -2.61. The number of nitrogens with zero attached hydrogens (tertiary/aromatic N) is 2. The molecule has 0 spiro atoms. The summed E-state index contributed by atoms with van der Waals surface area (Å²) in [5.74, 6) is 0. The van der Waals surface area contributed by atoms with Crippen LogP contribution in [0.3, 0.4) is 0 Å². The van der Waals surface area contributed by atoms with E-state index in [0.29, 0.717) is 24.2 Å². The van der Waals surface area contributed by atoms with Gasteiger partial charge in [0.05, 0.1) is 18.3 Å². The minimum atomic E-state index is -4.48. The molecule has 0 aromatic heterocycles. The first kappa shape index (κ1) is 26.0. The van der Waals surface area contributed by atoms with Crippen LogP contribution in [0.25, 0.3) is 11.1 Å². The lowest BCUT2D eigenvalue weighted by atomic mass is 9.98. The first-order valence-electron chi connectivity index (χ1n) is 11.1. The Morgan fingerprint density at radius 1 is 1.26 bits per heavy atom. The van der Waals surface area contributed by atoms with Crippen molar-refractivity contribution in [2.75, 3.05) is 31.2 Å². The molecular weight excluding hydrogens is 465 g/mol. The predicted octanol–water partition coefficient (Wildman–Crippen LogP) is 6.23. The molecule has 2 aromatic carbocycles. The fourth-order valence-corrected chi connectivity index (χ4v) is 4.23. The Balaban J connectivity index is 1.67. The summed E-state index contributed by atoms with van der Waals surface area (Å²) in [6, 6.07) is 13.9. The van der Waals surface area contributed by atoms with E-state index in [9.17, 15) is 18.3 Å². The van der Waals surface area contributed by atoms with Crippen molar-refractivity contribution in [3.63, 3.8) is 0 Å². The average molecular weight is 493 g/mol. The van der Waals surface area contributed by atoms with Crippen LogP contribution in [0.5, 0.6) is 0 Å². The van der Waals surface area contributed by atoms with Crippen molar-refractivity contribution in [2.24, 2.45) is 4.99 Å². The number of hydrogen-bond donors (Lipinski definition) is 1. The zero-order chi connectivity index (χ0) is 24.6. The number of aryl methyl sites for hydroxylation is 1. The third kappa shape index (κ3) is 6.95. The lowest BCUT2D eigenvalue weighted by Crippen LogP contribution is -2.24. The Kier molecular flexibility index (Phi) is 9.33. The zero-order valence-electron chi connectivity index (χ0n) is 18.8. The van der Waals surface area contributed by atoms with Gasteiger partial charge >= 0.3 is 6.18 Å². The molecule has 4 nitrogen and oxygen atoms in total. The van der Waals surface area contributed by atoms with E-state index in [1.807, 2.05) is 30.3 Å². The molecule has 0 aliphatic carbocycles. The lowest BCUT2D eigenvalue weighted by molar-refractivity contribution is -0.0884. The van der Waals surface area contributed by atoms with Gasteiger partial charge in [0.2, 0.25) is 0 Å². The molecule has 34 heavy (non-hydrogen) atoms. The number of rotatable bonds is 10. The van der Waals surface area contributed by atoms with Gasteiger partial charge in [-0.1, -0.05) is 48.0 Å². The second-order valence-electron chi connectivity index (χ2n) is 8.01. The fourth-order valence-electron chi connectivity index (χ4n) is 3.99. The predicted molar refractivity (Wildman–Crippen MR) is 132 cm³/mol. The molecule has 1 atom stereocenters. The van der Waals surface area contributed by atoms with E-state index >= 15 is 0 Å². The highest BCUT2D eigenvalue weighted by molar-refractivity contribution is 6.33. The first-order valence-corrected chi connectivity index (χ1v) is 11.5. The van der Waals surface area contributed by atoms with E-state index in [-0.39, 0.29) is 19.3 Å². The highest BCUT2D eigenvalue weighted by Crippen LogP contribution is 2.34. The van der Waals surface area contributed by atoms with Crippen molar-refractivity contribution in [3.05, 3.63) is 77.0 Å². The summed E-state index contributed by atoms with van der Waals surface area (Å²) in [6.45, 7) is 4.67. The van der Waals surface area contributed by atoms with Crippen LogP contribution in [0.2, 0.25) is 5.02 Å². The van der Waals surface area contributed by atoms with Crippen LogP contribution in [0, 0.1) is 0 Å². The van der Waals surface area contributed by atoms with Gasteiger partial charge in [0.25, 0.3) is 0 Å². The maximum Gasteiger partial charge on any atom is 0.417 e. The molecule has 182 valence electrons. The van der Waals surface area contributed by atoms with Crippen LogP contribution in [-0.4, -0.2) is 50.4 Å². The second kappa shape index (κ2) is 12.2. The Labute approximate surface area is 203 Å². The largest absolute Gasteiger partial charge is 0.417 e. The van der Waals surface area contributed by atoms with Gasteiger partial charge in [-0.25, -0.2) is 0 Å². The van der Waals surface area contributed by atoms with E-state index < -0.39 is 11.7 Å². The van der Waals surface area contributed by atoms with Gasteiger partial charge in [0.15, 0.2) is 0 Å². The number of halogens is 4. The van der Waals surface area contributed by atoms with Crippen molar-refractivity contribution in [3.8, 4) is 11.1 Å². The topological polar surface area (TPSA) is 45.1 Å². The summed E-state index contributed by atoms with van der Waals surface area (Å²) in [4.78, 5) is 5.43. The van der Waals surface area contributed by atoms with Crippen molar-refractivity contribution in [1.82, 2.24) is 0 Å². The van der Waals surface area contributed by atoms with Gasteiger partial charge in [0, 0.05) is 42.2 Å². The Bertz CT molecular complexity index is 1040. The van der Waals surface area contributed by atoms with Crippen LogP contribution < -0.4 is 4.90 Å². The average Bonchev–Trinajstić information content (AvgIpc) is 3.28. The first-order chi connectivity index (χ1) is 16.3. The molecule has 2 aromatic rings. The summed E-state index contributed by atoms with van der Waals surface area (Å²) in [6.07, 6.45) is 0.562. The van der Waals surface area contributed by atoms with Crippen LogP contribution in [-0.2, 0) is 11.2 Å². The van der Waals surface area contributed by atoms with Crippen molar-refractivity contribution in [1.29, 1.82) is 0 Å². The van der Waals surface area contributed by atoms with Crippen molar-refractivity contribution >= 4 is 24.0 Å². The number of anilines is 1. The molecule has 0 unspecified atom stereocenters. The van der Waals surface area contributed by atoms with Crippen LogP contribution in [0.1, 0.15) is 18.4 Å². The van der Waals surface area contributed by atoms with Gasteiger partial charge in [-0.3, -0.25) is 4.99 Å². The molecule has 1 heterocycles. The molecule has 3 rings (SSSR count). The minimum absolute atomic E-state index is 0.0753. The van der Waals surface area contributed by atoms with Gasteiger partial charge in [-0.15, -0.1) is 0 Å². The van der Waals surface area contributed by atoms with Crippen LogP contribution in [0.15, 0.2) is 71.4 Å². The number of allylic oxidation sites excluding steroid dienone is 2. The van der Waals surface area contributed by atoms with Crippen LogP contribution in [0.4, 0.5) is 18.9 Å². The van der Waals surface area contributed by atoms with Crippen molar-refractivity contribution in [2.45, 2.75) is 31.5 Å². The van der Waals surface area contributed by atoms with Gasteiger partial charge < -0.3 is 14.7 Å². The fraction of sp³-hybridized carbons (Fsp3) is 0.346. The molecular formula is C26H28ClF3N2O2. The summed E-state index contributed by atoms with van der Waals surface area (Å²) in [5, 5.41) is 10.0. The molecule has 0 amide bonds. The quantitative estimate of drug-likeness (QED) is 0.316. The minimum Gasteiger partial charge on any atom is -0.396 e. The summed E-state index contributed by atoms with van der Waals surface area (Å²) in [5.41, 5.74) is 3.29. The normalized spacial score (nSPS) is 17.0. The molecule has 1 saturated heterocycles. The maximum atomic E-state index is 12.9. The van der Waals surface area contributed by atoms with E-state index in [4.69, 9.17) is 16.3 Å². The summed E-state index contributed by atoms with van der Waals surface area (Å²) < 4.78 is 44.4. The number of aliphatic hydroxyl groups excluding tert-OH is 1. The van der Waals surface area contributed by atoms with Crippen LogP contribution >= 0.6 is 11.6 Å². The zero-order valence-corrected chi connectivity index (χ0v) is 19.5. The van der Waals surface area contributed by atoms with E-state index in [1.165, 1.54) is 6.08 Å². The number of alkyl halides is 3. The molecule has 0 radical (unpaired) electrons. The number of hydrogen-bond acceptors (Lipinski definition) is 4. The third-order valence-electron chi connectivity index (χ3n) is 5.64. The highest BCUT2D eigenvalue weighted by atomic mass is 35.5. The monoisotopic (exact) mass is 492 g/mol. The van der Waals surface area contributed by atoms with Gasteiger partial charge in [-0.05, 0) is 55.3 Å². The molecule has 0 saturated carbocycles. The molecule has 1 aliphatic heterocycles. The number of benzene rings is 2. The van der Waals surface area contributed by atoms with Crippen molar-refractivity contribution < 1.29 is 23.0 Å². The third-order valence-corrected chi connectivity index (χ3v) is 5.97. The Morgan fingerprint density at radius 2 is 2.06 bits per heavy atom. The highest BCUT2D eigenvalue weighted by Gasteiger charge is 2.31. The number of aliphatic hydroxyl groups is 1. The van der Waals surface area contributed by atoms with E-state index in [1.54, 1.807) is 0 Å². The van der Waals surface area contributed by atoms with E-state index in [0.717, 1.165) is 47.8 Å². The molecule has 0 bridgehead atoms. The molecule has 1 aliphatic rings. The molecule has 1 fully saturated rings. The van der Waals surface area contributed by atoms with E-state index in [2.05, 4.69) is 28.7 Å². The SMILES string of the molecule is C=N/C=C(\C=C/CO[C@H]1CCN(c2ccc(-c3ccccc3Cl)cc2CCCO)C1)C(F)(F)F. The Morgan fingerprint density at radius 3 is 2.76 bits per heavy atom. The molecule has 8 heteroatoms. The molecule has 1 N–H and O–H groups in total. The number of aliphatic imine (C=N–C) groups is 1. The van der Waals surface area contributed by atoms with Gasteiger partial charge in [-0.2, -0.15) is 13.2 Å². The summed E-state index contributed by atoms with van der Waals surface area (Å²) in [7, 11) is 0. The standard InChI is InChI=1S/C26H28ClF3N2O2/c1-31-17-21(26(28,29)30)7-5-15-34-22-12-13-32(18-22)25-11-10-19(16-20(25)6-4-14-33)23-8-2-3-9-24(23)27/h2-3,5,7-11,16-17,22,33H,1,4,6,12-15,18H2/b7-5-,21-17+/t22-/m0/s1. The maximum absolute atomic E-state index is 12.9. The smallest absolute Gasteiger partial charge is 0.396 e. The number of ether oxygens (including phenoxy) is 1. The lowest BCUT2D eigenvalue weighted by Gasteiger charge is -2.23.